The van der Waals surface area contributed by atoms with E-state index in [0.717, 1.165) is 22.2 Å². The number of carbonyl (C=O) groups excluding carboxylic acids is 2. The van der Waals surface area contributed by atoms with Gasteiger partial charge in [0, 0.05) is 27.9 Å². The maximum Gasteiger partial charge on any atom is 0.448 e. The Morgan fingerprint density at radius 1 is 1.24 bits per heavy atom. The van der Waals surface area contributed by atoms with Gasteiger partial charge < -0.3 is 10.1 Å². The molecule has 0 saturated heterocycles. The molecule has 0 aliphatic carbocycles. The predicted molar refractivity (Wildman–Crippen MR) is 127 cm³/mol. The molecule has 0 bridgehead atoms. The molecule has 3 amide bonds. The molecular weight excluding hydrogens is 442 g/mol. The van der Waals surface area contributed by atoms with Crippen LogP contribution in [0.5, 0.6) is 5.75 Å². The standard InChI is InChI=1S/C25H28ClN3O4/c1-5-21(31)29(24(32)28-33-25(2,3)4)12-11-18-19-14-16(26)9-10-20(19)27-22(18)23(29)15-7-6-8-17(30)13-15/h6-10,13-14,23,27H,5,11-12H2,1-4H3,(H-,28,30,32)/p+1. The quantitative estimate of drug-likeness (QED) is 0.354. The number of urea groups is 1. The van der Waals surface area contributed by atoms with Crippen molar-refractivity contribution in [3.05, 3.63) is 64.3 Å². The van der Waals surface area contributed by atoms with E-state index in [9.17, 15) is 14.7 Å². The number of hydrogen-bond donors (Lipinski definition) is 3. The van der Waals surface area contributed by atoms with E-state index in [1.165, 1.54) is 0 Å². The summed E-state index contributed by atoms with van der Waals surface area (Å²) in [6.07, 6.45) is 0.666. The van der Waals surface area contributed by atoms with E-state index < -0.39 is 22.2 Å². The van der Waals surface area contributed by atoms with Gasteiger partial charge in [-0.05, 0) is 56.7 Å². The van der Waals surface area contributed by atoms with E-state index in [1.54, 1.807) is 31.2 Å². The van der Waals surface area contributed by atoms with E-state index in [4.69, 9.17) is 16.4 Å². The molecular formula is C25H29ClN3O4+. The summed E-state index contributed by atoms with van der Waals surface area (Å²) < 4.78 is -0.496. The molecule has 0 saturated carbocycles. The van der Waals surface area contributed by atoms with Crippen molar-refractivity contribution in [1.82, 2.24) is 10.5 Å². The number of hydrogen-bond acceptors (Lipinski definition) is 4. The minimum absolute atomic E-state index is 0.0622. The van der Waals surface area contributed by atoms with Gasteiger partial charge in [-0.25, -0.2) is 9.59 Å². The third-order valence-corrected chi connectivity index (χ3v) is 6.31. The average molecular weight is 471 g/mol. The van der Waals surface area contributed by atoms with Crippen LogP contribution in [0.4, 0.5) is 4.79 Å². The van der Waals surface area contributed by atoms with Crippen LogP contribution in [-0.2, 0) is 16.1 Å². The summed E-state index contributed by atoms with van der Waals surface area (Å²) in [6.45, 7) is 7.46. The normalized spacial score (nSPS) is 20.5. The molecule has 4 rings (SSSR count). The number of aromatic hydroxyl groups is 1. The summed E-state index contributed by atoms with van der Waals surface area (Å²) in [5.41, 5.74) is 5.23. The maximum absolute atomic E-state index is 13.7. The molecule has 2 atom stereocenters. The molecule has 2 heterocycles. The van der Waals surface area contributed by atoms with Crippen LogP contribution in [0.15, 0.2) is 42.5 Å². The number of amides is 3. The van der Waals surface area contributed by atoms with E-state index in [1.807, 2.05) is 39.0 Å². The second kappa shape index (κ2) is 8.48. The lowest BCUT2D eigenvalue weighted by atomic mass is 9.89. The summed E-state index contributed by atoms with van der Waals surface area (Å²) in [7, 11) is 0. The lowest BCUT2D eigenvalue weighted by molar-refractivity contribution is -0.806. The summed E-state index contributed by atoms with van der Waals surface area (Å²) in [6, 6.07) is 11.1. The minimum Gasteiger partial charge on any atom is -0.508 e. The fourth-order valence-electron chi connectivity index (χ4n) is 4.66. The van der Waals surface area contributed by atoms with Crippen molar-refractivity contribution in [3.8, 4) is 5.75 Å². The summed E-state index contributed by atoms with van der Waals surface area (Å²) in [5.74, 6) is -0.173. The van der Waals surface area contributed by atoms with Gasteiger partial charge in [-0.15, -0.1) is 0 Å². The third kappa shape index (κ3) is 4.12. The summed E-state index contributed by atoms with van der Waals surface area (Å²) >= 11 is 6.27. The number of H-pyrrole nitrogens is 1. The van der Waals surface area contributed by atoms with Crippen LogP contribution in [0.3, 0.4) is 0 Å². The molecule has 2 aromatic carbocycles. The number of phenolic OH excluding ortho intramolecular Hbond substituents is 1. The lowest BCUT2D eigenvalue weighted by Gasteiger charge is -2.42. The van der Waals surface area contributed by atoms with E-state index in [0.29, 0.717) is 17.0 Å². The van der Waals surface area contributed by atoms with Gasteiger partial charge in [0.2, 0.25) is 0 Å². The number of rotatable bonds is 3. The Balaban J connectivity index is 1.96. The number of quaternary nitrogens is 1. The molecule has 0 spiro atoms. The highest BCUT2D eigenvalue weighted by molar-refractivity contribution is 6.31. The number of aromatic amines is 1. The molecule has 2 unspecified atom stereocenters. The van der Waals surface area contributed by atoms with Crippen LogP contribution < -0.4 is 5.48 Å². The zero-order valence-electron chi connectivity index (χ0n) is 19.2. The molecule has 1 aliphatic rings. The van der Waals surface area contributed by atoms with Crippen LogP contribution >= 0.6 is 11.6 Å². The Labute approximate surface area is 197 Å². The fourth-order valence-corrected chi connectivity index (χ4v) is 4.83. The van der Waals surface area contributed by atoms with Crippen molar-refractivity contribution in [1.29, 1.82) is 0 Å². The number of imide groups is 1. The predicted octanol–water partition coefficient (Wildman–Crippen LogP) is 5.37. The average Bonchev–Trinajstić information content (AvgIpc) is 3.13. The van der Waals surface area contributed by atoms with Gasteiger partial charge >= 0.3 is 11.9 Å². The van der Waals surface area contributed by atoms with Gasteiger partial charge in [-0.3, -0.25) is 4.84 Å². The van der Waals surface area contributed by atoms with E-state index >= 15 is 0 Å². The Morgan fingerprint density at radius 3 is 2.67 bits per heavy atom. The molecule has 1 aromatic heterocycles. The smallest absolute Gasteiger partial charge is 0.448 e. The van der Waals surface area contributed by atoms with Crippen LogP contribution in [0, 0.1) is 0 Å². The molecule has 33 heavy (non-hydrogen) atoms. The second-order valence-corrected chi connectivity index (χ2v) is 9.85. The van der Waals surface area contributed by atoms with Gasteiger partial charge in [-0.2, -0.15) is 9.96 Å². The highest BCUT2D eigenvalue weighted by atomic mass is 35.5. The largest absolute Gasteiger partial charge is 0.508 e. The lowest BCUT2D eigenvalue weighted by Crippen LogP contribution is -2.65. The molecule has 174 valence electrons. The van der Waals surface area contributed by atoms with Crippen molar-refractivity contribution in [3.63, 3.8) is 0 Å². The first kappa shape index (κ1) is 23.3. The van der Waals surface area contributed by atoms with E-state index in [-0.39, 0.29) is 24.6 Å². The molecule has 3 aromatic rings. The van der Waals surface area contributed by atoms with Crippen molar-refractivity contribution in [2.24, 2.45) is 0 Å². The van der Waals surface area contributed by atoms with Gasteiger partial charge in [0.05, 0.1) is 24.3 Å². The first-order valence-electron chi connectivity index (χ1n) is 11.1. The number of nitrogens with one attached hydrogen (secondary N) is 2. The SMILES string of the molecule is CCC(=O)[N+]1(C(=O)NOC(C)(C)C)CCc2c([nH]c3ccc(Cl)cc23)C1c1cccc(O)c1. The molecule has 1 aliphatic heterocycles. The van der Waals surface area contributed by atoms with Crippen molar-refractivity contribution in [2.45, 2.75) is 52.2 Å². The first-order valence-corrected chi connectivity index (χ1v) is 11.4. The fraction of sp³-hybridized carbons (Fsp3) is 0.360. The molecule has 0 radical (unpaired) electrons. The Bertz CT molecular complexity index is 1230. The Morgan fingerprint density at radius 2 is 2.00 bits per heavy atom. The molecule has 8 heteroatoms. The maximum atomic E-state index is 13.7. The third-order valence-electron chi connectivity index (χ3n) is 6.07. The Hall–Kier alpha value is -2.87. The van der Waals surface area contributed by atoms with Crippen LogP contribution in [-0.4, -0.2) is 38.7 Å². The van der Waals surface area contributed by atoms with Gasteiger partial charge in [0.25, 0.3) is 0 Å². The molecule has 0 fully saturated rings. The number of carbonyl (C=O) groups is 2. The Kier molecular flexibility index (Phi) is 5.99. The van der Waals surface area contributed by atoms with Gasteiger partial charge in [0.1, 0.15) is 5.75 Å². The van der Waals surface area contributed by atoms with E-state index in [2.05, 4.69) is 10.5 Å². The number of hydroxylamine groups is 1. The van der Waals surface area contributed by atoms with Gasteiger partial charge in [-0.1, -0.05) is 30.7 Å². The van der Waals surface area contributed by atoms with Crippen LogP contribution in [0.1, 0.15) is 57.0 Å². The topological polar surface area (TPSA) is 91.4 Å². The van der Waals surface area contributed by atoms with Crippen LogP contribution in [0.25, 0.3) is 10.9 Å². The minimum atomic E-state index is -0.692. The van der Waals surface area contributed by atoms with Crippen molar-refractivity contribution in [2.75, 3.05) is 6.54 Å². The van der Waals surface area contributed by atoms with Crippen LogP contribution in [0.2, 0.25) is 5.02 Å². The number of halogens is 1. The van der Waals surface area contributed by atoms with Crippen molar-refractivity contribution < 1.29 is 24.0 Å². The first-order chi connectivity index (χ1) is 15.6. The highest BCUT2D eigenvalue weighted by Crippen LogP contribution is 2.45. The van der Waals surface area contributed by atoms with Crippen molar-refractivity contribution >= 4 is 34.4 Å². The van der Waals surface area contributed by atoms with Gasteiger partial charge in [0.15, 0.2) is 6.04 Å². The molecule has 3 N–H and O–H groups in total. The zero-order valence-corrected chi connectivity index (χ0v) is 20.0. The number of fused-ring (bicyclic) bond motifs is 3. The zero-order chi connectivity index (χ0) is 24.0. The molecule has 7 nitrogen and oxygen atoms in total. The summed E-state index contributed by atoms with van der Waals surface area (Å²) in [5, 5.41) is 11.8. The number of benzene rings is 2. The number of aromatic nitrogens is 1. The highest BCUT2D eigenvalue weighted by Gasteiger charge is 2.56. The number of phenols is 1. The number of nitrogens with zero attached hydrogens (tertiary/aromatic N) is 1. The second-order valence-electron chi connectivity index (χ2n) is 9.42. The monoisotopic (exact) mass is 470 g/mol. The summed E-state index contributed by atoms with van der Waals surface area (Å²) in [4.78, 5) is 36.3.